The molecule has 45 heavy (non-hydrogen) atoms. The van der Waals surface area contributed by atoms with Crippen molar-refractivity contribution in [3.63, 3.8) is 0 Å². The number of Topliss-reactive ketones (excluding diaryl/α,β-unsaturated/α-hetero) is 1. The van der Waals surface area contributed by atoms with Crippen LogP contribution in [0, 0.1) is 3.57 Å². The zero-order valence-electron chi connectivity index (χ0n) is 28.7. The zero-order chi connectivity index (χ0) is 33.1. The number of carbonyl (C=O) groups excluding carboxylic acids is 1. The van der Waals surface area contributed by atoms with Gasteiger partial charge in [-0.05, 0) is 60.4 Å². The van der Waals surface area contributed by atoms with E-state index in [0.29, 0.717) is 39.5 Å². The number of carbonyl (C=O) groups is 1. The third-order valence-electron chi connectivity index (χ3n) is 8.06. The van der Waals surface area contributed by atoms with Gasteiger partial charge < -0.3 is 33.3 Å². The Hall–Kier alpha value is -0.986. The fourth-order valence-electron chi connectivity index (χ4n) is 5.20. The van der Waals surface area contributed by atoms with Crippen LogP contribution in [0.1, 0.15) is 37.3 Å². The topological polar surface area (TPSA) is 106 Å². The first-order valence-electron chi connectivity index (χ1n) is 16.0. The van der Waals surface area contributed by atoms with Crippen molar-refractivity contribution in [3.05, 3.63) is 21.5 Å². The maximum atomic E-state index is 13.3. The van der Waals surface area contributed by atoms with Crippen molar-refractivity contribution < 1.29 is 33.2 Å². The van der Waals surface area contributed by atoms with E-state index >= 15 is 0 Å². The van der Waals surface area contributed by atoms with Crippen molar-refractivity contribution in [2.24, 2.45) is 0 Å². The molecular formula is C31H55IN4O7Si2. The molecule has 0 radical (unpaired) electrons. The minimum atomic E-state index is -1.23. The summed E-state index contributed by atoms with van der Waals surface area (Å²) in [6, 6.07) is 4.33. The van der Waals surface area contributed by atoms with Crippen LogP contribution in [0.2, 0.25) is 51.4 Å². The molecule has 1 saturated carbocycles. The van der Waals surface area contributed by atoms with Gasteiger partial charge in [-0.3, -0.25) is 4.79 Å². The van der Waals surface area contributed by atoms with E-state index in [9.17, 15) is 4.79 Å². The van der Waals surface area contributed by atoms with Crippen LogP contribution in [0.4, 0.5) is 5.82 Å². The van der Waals surface area contributed by atoms with E-state index in [1.165, 1.54) is 0 Å². The van der Waals surface area contributed by atoms with Gasteiger partial charge in [0, 0.05) is 61.3 Å². The number of ether oxygens (including phenoxy) is 6. The highest BCUT2D eigenvalue weighted by Crippen LogP contribution is 2.41. The van der Waals surface area contributed by atoms with Crippen molar-refractivity contribution in [2.75, 3.05) is 72.4 Å². The second-order valence-corrected chi connectivity index (χ2v) is 26.7. The third-order valence-corrected chi connectivity index (χ3v) is 12.2. The first-order valence-corrected chi connectivity index (χ1v) is 24.5. The third kappa shape index (κ3) is 12.2. The molecule has 14 heteroatoms. The molecule has 0 bridgehead atoms. The van der Waals surface area contributed by atoms with E-state index < -0.39 is 21.7 Å². The summed E-state index contributed by atoms with van der Waals surface area (Å²) in [5.41, 5.74) is 0.898. The largest absolute Gasteiger partial charge is 0.382 e. The molecule has 2 aromatic rings. The summed E-state index contributed by atoms with van der Waals surface area (Å²) >= 11 is 2.30. The highest BCUT2D eigenvalue weighted by atomic mass is 127. The molecule has 256 valence electrons. The maximum absolute atomic E-state index is 13.3. The lowest BCUT2D eigenvalue weighted by Gasteiger charge is -2.39. The molecule has 0 N–H and O–H groups in total. The molecular weight excluding hydrogens is 723 g/mol. The number of aromatic nitrogens is 3. The lowest BCUT2D eigenvalue weighted by atomic mass is 9.75. The average molecular weight is 779 g/mol. The first-order chi connectivity index (χ1) is 21.3. The standard InChI is InChI=1S/C31H55IN4O7Si2/c1-38-13-14-43-31(28(37)21-42-24-39-2)11-9-25(10-12-31)27-19-29(36-30(34-27)26(32)20-33-36)35(22-40-15-17-44(3,4)5)23-41-16-18-45(6,7)8/h19-20,25H,9-18,21-24H2,1-8H3. The number of halogens is 1. The average Bonchev–Trinajstić information content (AvgIpc) is 3.35. The number of hydrogen-bond donors (Lipinski definition) is 0. The molecule has 1 fully saturated rings. The van der Waals surface area contributed by atoms with Gasteiger partial charge in [0.15, 0.2) is 11.4 Å². The van der Waals surface area contributed by atoms with E-state index in [1.54, 1.807) is 14.2 Å². The van der Waals surface area contributed by atoms with Crippen molar-refractivity contribution in [2.45, 2.75) is 88.6 Å². The minimum Gasteiger partial charge on any atom is -0.382 e. The lowest BCUT2D eigenvalue weighted by Crippen LogP contribution is -2.47. The van der Waals surface area contributed by atoms with Gasteiger partial charge >= 0.3 is 0 Å². The summed E-state index contributed by atoms with van der Waals surface area (Å²) in [5, 5.41) is 4.69. The Morgan fingerprint density at radius 3 is 2.13 bits per heavy atom. The minimum absolute atomic E-state index is 0.0434. The van der Waals surface area contributed by atoms with Crippen LogP contribution < -0.4 is 4.90 Å². The molecule has 2 aromatic heterocycles. The molecule has 2 heterocycles. The summed E-state index contributed by atoms with van der Waals surface area (Å²) in [4.78, 5) is 20.6. The van der Waals surface area contributed by atoms with E-state index in [-0.39, 0.29) is 25.1 Å². The molecule has 11 nitrogen and oxygen atoms in total. The normalized spacial score (nSPS) is 19.4. The number of hydrogen-bond acceptors (Lipinski definition) is 10. The Morgan fingerprint density at radius 2 is 1.58 bits per heavy atom. The van der Waals surface area contributed by atoms with Gasteiger partial charge in [0.05, 0.1) is 23.0 Å². The molecule has 0 aliphatic heterocycles. The molecule has 1 aliphatic rings. The molecule has 0 atom stereocenters. The second kappa shape index (κ2) is 18.0. The monoisotopic (exact) mass is 778 g/mol. The first kappa shape index (κ1) is 38.5. The summed E-state index contributed by atoms with van der Waals surface area (Å²) in [7, 11) is 0.719. The van der Waals surface area contributed by atoms with E-state index in [1.807, 2.05) is 10.7 Å². The lowest BCUT2D eigenvalue weighted by molar-refractivity contribution is -0.160. The highest BCUT2D eigenvalue weighted by molar-refractivity contribution is 14.1. The number of methoxy groups -OCH3 is 2. The predicted molar refractivity (Wildman–Crippen MR) is 191 cm³/mol. The van der Waals surface area contributed by atoms with E-state index in [0.717, 1.165) is 58.9 Å². The number of anilines is 1. The molecule has 1 aliphatic carbocycles. The van der Waals surface area contributed by atoms with Gasteiger partial charge in [0.25, 0.3) is 0 Å². The van der Waals surface area contributed by atoms with Crippen LogP contribution in [0.5, 0.6) is 0 Å². The zero-order valence-corrected chi connectivity index (χ0v) is 32.8. The summed E-state index contributed by atoms with van der Waals surface area (Å²) in [6.45, 7) is 17.2. The van der Waals surface area contributed by atoms with Crippen LogP contribution >= 0.6 is 22.6 Å². The van der Waals surface area contributed by atoms with Crippen LogP contribution in [-0.4, -0.2) is 110 Å². The molecule has 0 spiro atoms. The molecule has 0 aromatic carbocycles. The van der Waals surface area contributed by atoms with Gasteiger partial charge in [0.1, 0.15) is 38.3 Å². The Balaban J connectivity index is 1.85. The van der Waals surface area contributed by atoms with Gasteiger partial charge in [-0.2, -0.15) is 9.61 Å². The molecule has 0 unspecified atom stereocenters. The Morgan fingerprint density at radius 1 is 0.956 bits per heavy atom. The van der Waals surface area contributed by atoms with Gasteiger partial charge in [-0.25, -0.2) is 4.98 Å². The number of rotatable bonds is 21. The Kier molecular flexibility index (Phi) is 15.4. The quantitative estimate of drug-likeness (QED) is 0.0648. The van der Waals surface area contributed by atoms with Gasteiger partial charge in [-0.15, -0.1) is 0 Å². The molecule has 0 amide bonds. The fraction of sp³-hybridized carbons (Fsp3) is 0.774. The maximum Gasteiger partial charge on any atom is 0.190 e. The van der Waals surface area contributed by atoms with Gasteiger partial charge in [-0.1, -0.05) is 39.3 Å². The van der Waals surface area contributed by atoms with Crippen molar-refractivity contribution >= 4 is 56.0 Å². The number of ketones is 1. The van der Waals surface area contributed by atoms with Gasteiger partial charge in [0.2, 0.25) is 0 Å². The molecule has 3 rings (SSSR count). The van der Waals surface area contributed by atoms with Crippen LogP contribution in [0.15, 0.2) is 12.3 Å². The number of fused-ring (bicyclic) bond motifs is 1. The summed E-state index contributed by atoms with van der Waals surface area (Å²) in [6.07, 6.45) is 4.53. The van der Waals surface area contributed by atoms with Crippen LogP contribution in [0.3, 0.4) is 0 Å². The Labute approximate surface area is 285 Å². The molecule has 0 saturated heterocycles. The predicted octanol–water partition coefficient (Wildman–Crippen LogP) is 6.01. The summed E-state index contributed by atoms with van der Waals surface area (Å²) < 4.78 is 37.2. The van der Waals surface area contributed by atoms with Crippen molar-refractivity contribution in [1.82, 2.24) is 14.6 Å². The van der Waals surface area contributed by atoms with E-state index in [4.69, 9.17) is 38.5 Å². The smallest absolute Gasteiger partial charge is 0.190 e. The van der Waals surface area contributed by atoms with Crippen LogP contribution in [-0.2, 0) is 33.2 Å². The second-order valence-electron chi connectivity index (χ2n) is 14.3. The van der Waals surface area contributed by atoms with E-state index in [2.05, 4.69) is 72.8 Å². The fourth-order valence-corrected chi connectivity index (χ4v) is 7.19. The van der Waals surface area contributed by atoms with Crippen molar-refractivity contribution in [1.29, 1.82) is 0 Å². The summed E-state index contributed by atoms with van der Waals surface area (Å²) in [5.74, 6) is 1.01. The van der Waals surface area contributed by atoms with Crippen molar-refractivity contribution in [3.8, 4) is 0 Å². The highest BCUT2D eigenvalue weighted by Gasteiger charge is 2.43. The number of nitrogens with zero attached hydrogens (tertiary/aromatic N) is 4. The SMILES string of the molecule is COCCOC1(C(=O)COCOC)CCC(c2cc(N(COCC[Si](C)(C)C)COCC[Si](C)(C)C)n3ncc(I)c3n2)CC1. The Bertz CT molecular complexity index is 1180. The van der Waals surface area contributed by atoms with Crippen LogP contribution in [0.25, 0.3) is 5.65 Å².